The highest BCUT2D eigenvalue weighted by atomic mass is 32.2. The van der Waals surface area contributed by atoms with E-state index in [9.17, 15) is 8.42 Å². The smallest absolute Gasteiger partial charge is 0.183 e. The van der Waals surface area contributed by atoms with Crippen LogP contribution in [0.3, 0.4) is 0 Å². The van der Waals surface area contributed by atoms with E-state index >= 15 is 0 Å². The number of allylic oxidation sites excluding steroid dienone is 5. The maximum Gasteiger partial charge on any atom is 0.183 e. The fourth-order valence-corrected chi connectivity index (χ4v) is 4.46. The zero-order chi connectivity index (χ0) is 16.4. The van der Waals surface area contributed by atoms with Gasteiger partial charge in [-0.15, -0.1) is 0 Å². The molecule has 0 bridgehead atoms. The molecule has 0 saturated carbocycles. The van der Waals surface area contributed by atoms with Gasteiger partial charge in [0.15, 0.2) is 9.84 Å². The second kappa shape index (κ2) is 9.78. The zero-order valence-electron chi connectivity index (χ0n) is 13.8. The number of sulfone groups is 1. The van der Waals surface area contributed by atoms with Crippen molar-refractivity contribution in [3.63, 3.8) is 0 Å². The minimum atomic E-state index is -3.38. The maximum absolute atomic E-state index is 13.0. The van der Waals surface area contributed by atoms with Crippen LogP contribution in [0.2, 0.25) is 0 Å². The minimum absolute atomic E-state index is 0.324. The molecule has 2 nitrogen and oxygen atoms in total. The van der Waals surface area contributed by atoms with Crippen LogP contribution >= 0.6 is 0 Å². The maximum atomic E-state index is 13.0. The van der Waals surface area contributed by atoms with Crippen LogP contribution in [-0.2, 0) is 9.84 Å². The van der Waals surface area contributed by atoms with Crippen molar-refractivity contribution in [1.29, 1.82) is 0 Å². The summed E-state index contributed by atoms with van der Waals surface area (Å²) >= 11 is 0. The van der Waals surface area contributed by atoms with Crippen molar-refractivity contribution in [2.45, 2.75) is 64.0 Å². The van der Waals surface area contributed by atoms with E-state index in [2.05, 4.69) is 20.1 Å². The van der Waals surface area contributed by atoms with E-state index < -0.39 is 14.6 Å². The number of rotatable bonds is 11. The van der Waals surface area contributed by atoms with E-state index in [0.717, 1.165) is 25.7 Å². The summed E-state index contributed by atoms with van der Waals surface area (Å²) in [6.07, 6.45) is 13.3. The molecule has 0 saturated heterocycles. The lowest BCUT2D eigenvalue weighted by Gasteiger charge is -2.29. The first kappa shape index (κ1) is 19.9. The molecule has 0 aromatic rings. The molecule has 0 radical (unpaired) electrons. The van der Waals surface area contributed by atoms with Crippen molar-refractivity contribution in [3.8, 4) is 0 Å². The fraction of sp³-hybridized carbons (Fsp3) is 0.556. The molecule has 0 aliphatic rings. The van der Waals surface area contributed by atoms with Gasteiger partial charge in [-0.3, -0.25) is 0 Å². The fourth-order valence-electron chi connectivity index (χ4n) is 2.47. The summed E-state index contributed by atoms with van der Waals surface area (Å²) in [4.78, 5) is 0.324. The predicted octanol–water partition coefficient (Wildman–Crippen LogP) is 5.35. The van der Waals surface area contributed by atoms with Crippen molar-refractivity contribution in [2.24, 2.45) is 0 Å². The lowest BCUT2D eigenvalue weighted by atomic mass is 9.97. The molecule has 0 aromatic carbocycles. The molecule has 0 N–H and O–H groups in total. The van der Waals surface area contributed by atoms with Crippen molar-refractivity contribution >= 4 is 9.84 Å². The molecule has 21 heavy (non-hydrogen) atoms. The van der Waals surface area contributed by atoms with Crippen molar-refractivity contribution in [2.75, 3.05) is 0 Å². The minimum Gasteiger partial charge on any atom is -0.223 e. The van der Waals surface area contributed by atoms with Crippen LogP contribution in [0.25, 0.3) is 0 Å². The van der Waals surface area contributed by atoms with E-state index in [1.54, 1.807) is 24.3 Å². The van der Waals surface area contributed by atoms with Gasteiger partial charge in [0.1, 0.15) is 0 Å². The predicted molar refractivity (Wildman–Crippen MR) is 94.0 cm³/mol. The Kier molecular flexibility index (Phi) is 9.27. The first-order chi connectivity index (χ1) is 9.89. The van der Waals surface area contributed by atoms with Crippen LogP contribution in [-0.4, -0.2) is 13.2 Å². The average Bonchev–Trinajstić information content (AvgIpc) is 2.43. The Labute approximate surface area is 131 Å². The second-order valence-corrected chi connectivity index (χ2v) is 8.02. The third kappa shape index (κ3) is 5.66. The van der Waals surface area contributed by atoms with E-state index in [4.69, 9.17) is 0 Å². The highest BCUT2D eigenvalue weighted by Gasteiger charge is 2.39. The molecule has 120 valence electrons. The molecule has 0 spiro atoms. The van der Waals surface area contributed by atoms with Gasteiger partial charge < -0.3 is 0 Å². The SMILES string of the molecule is C=C/C=C\C(=C/C=C)S(=O)(=O)C(C)(CCC)CCCCC. The molecule has 1 atom stereocenters. The van der Waals surface area contributed by atoms with Crippen LogP contribution in [0, 0.1) is 0 Å². The summed E-state index contributed by atoms with van der Waals surface area (Å²) in [5.41, 5.74) is 0. The molecule has 0 aromatic heterocycles. The summed E-state index contributed by atoms with van der Waals surface area (Å²) in [6.45, 7) is 13.3. The zero-order valence-corrected chi connectivity index (χ0v) is 14.6. The van der Waals surface area contributed by atoms with E-state index in [-0.39, 0.29) is 0 Å². The number of hydrogen-bond donors (Lipinski definition) is 0. The monoisotopic (exact) mass is 310 g/mol. The molecule has 0 aliphatic heterocycles. The summed E-state index contributed by atoms with van der Waals surface area (Å²) in [5, 5.41) is 0. The van der Waals surface area contributed by atoms with Crippen molar-refractivity contribution in [3.05, 3.63) is 48.4 Å². The van der Waals surface area contributed by atoms with Crippen molar-refractivity contribution < 1.29 is 8.42 Å². The Balaban J connectivity index is 5.60. The molecule has 0 heterocycles. The van der Waals surface area contributed by atoms with Crippen LogP contribution in [0.15, 0.2) is 48.4 Å². The Hall–Kier alpha value is -1.09. The van der Waals surface area contributed by atoms with Gasteiger partial charge in [-0.1, -0.05) is 70.9 Å². The number of unbranched alkanes of at least 4 members (excludes halogenated alkanes) is 2. The second-order valence-electron chi connectivity index (χ2n) is 5.56. The molecule has 0 amide bonds. The normalized spacial score (nSPS) is 15.9. The Morgan fingerprint density at radius 3 is 2.19 bits per heavy atom. The third-order valence-electron chi connectivity index (χ3n) is 3.73. The van der Waals surface area contributed by atoms with E-state index in [1.807, 2.05) is 13.8 Å². The summed E-state index contributed by atoms with van der Waals surface area (Å²) < 4.78 is 25.4. The Morgan fingerprint density at radius 2 is 1.71 bits per heavy atom. The molecule has 0 rings (SSSR count). The summed E-state index contributed by atoms with van der Waals surface area (Å²) in [7, 11) is -3.38. The summed E-state index contributed by atoms with van der Waals surface area (Å²) in [5.74, 6) is 0. The highest BCUT2D eigenvalue weighted by Crippen LogP contribution is 2.34. The molecule has 3 heteroatoms. The molecular weight excluding hydrogens is 280 g/mol. The van der Waals surface area contributed by atoms with Crippen molar-refractivity contribution in [1.82, 2.24) is 0 Å². The Morgan fingerprint density at radius 1 is 1.05 bits per heavy atom. The van der Waals surface area contributed by atoms with Gasteiger partial charge in [0, 0.05) is 0 Å². The van der Waals surface area contributed by atoms with Gasteiger partial charge >= 0.3 is 0 Å². The summed E-state index contributed by atoms with van der Waals surface area (Å²) in [6, 6.07) is 0. The average molecular weight is 311 g/mol. The lowest BCUT2D eigenvalue weighted by Crippen LogP contribution is -2.36. The van der Waals surface area contributed by atoms with E-state index in [0.29, 0.717) is 17.7 Å². The van der Waals surface area contributed by atoms with E-state index in [1.165, 1.54) is 6.08 Å². The topological polar surface area (TPSA) is 34.1 Å². The van der Waals surface area contributed by atoms with Crippen LogP contribution in [0.4, 0.5) is 0 Å². The molecule has 1 unspecified atom stereocenters. The standard InChI is InChI=1S/C18H30O2S/c1-6-10-12-16-18(5,15-9-4)21(19,20)17(13-8-3)14-11-7-2/h7-8,11,13-14H,2-3,6,9-10,12,15-16H2,1,4-5H3/b14-11-,17-13+. The molecular formula is C18H30O2S. The number of hydrogen-bond acceptors (Lipinski definition) is 2. The quantitative estimate of drug-likeness (QED) is 0.380. The first-order valence-electron chi connectivity index (χ1n) is 7.76. The van der Waals surface area contributed by atoms with Crippen LogP contribution in [0.5, 0.6) is 0 Å². The lowest BCUT2D eigenvalue weighted by molar-refractivity contribution is 0.460. The largest absolute Gasteiger partial charge is 0.223 e. The molecule has 0 aliphatic carbocycles. The van der Waals surface area contributed by atoms with Gasteiger partial charge in [-0.25, -0.2) is 8.42 Å². The van der Waals surface area contributed by atoms with Gasteiger partial charge in [-0.2, -0.15) is 0 Å². The van der Waals surface area contributed by atoms with Gasteiger partial charge in [0.05, 0.1) is 9.65 Å². The first-order valence-corrected chi connectivity index (χ1v) is 9.24. The highest BCUT2D eigenvalue weighted by molar-refractivity contribution is 7.96. The van der Waals surface area contributed by atoms with Crippen LogP contribution in [0.1, 0.15) is 59.3 Å². The van der Waals surface area contributed by atoms with Crippen LogP contribution < -0.4 is 0 Å². The van der Waals surface area contributed by atoms with Gasteiger partial charge in [-0.05, 0) is 31.9 Å². The molecule has 0 fully saturated rings. The Bertz CT molecular complexity index is 483. The van der Waals surface area contributed by atoms with Gasteiger partial charge in [0.2, 0.25) is 0 Å². The van der Waals surface area contributed by atoms with Gasteiger partial charge in [0.25, 0.3) is 0 Å². The third-order valence-corrected chi connectivity index (χ3v) is 6.32.